The van der Waals surface area contributed by atoms with Crippen LogP contribution in [0.5, 0.6) is 0 Å². The van der Waals surface area contributed by atoms with Gasteiger partial charge in [-0.1, -0.05) is 28.1 Å². The molecule has 0 aliphatic rings. The lowest BCUT2D eigenvalue weighted by atomic mass is 9.96. The largest absolute Gasteiger partial charge is 0.437 e. The average molecular weight is 359 g/mol. The number of alkyl carbamates (subject to hydrolysis) is 1. The molecule has 0 radical (unpaired) electrons. The number of rotatable bonds is 5. The van der Waals surface area contributed by atoms with E-state index in [4.69, 9.17) is 9.57 Å². The molecule has 0 bridgehead atoms. The summed E-state index contributed by atoms with van der Waals surface area (Å²) in [7, 11) is 1.52. The van der Waals surface area contributed by atoms with Crippen molar-refractivity contribution in [2.24, 2.45) is 0 Å². The zero-order valence-electron chi connectivity index (χ0n) is 13.1. The first-order chi connectivity index (χ1) is 9.66. The van der Waals surface area contributed by atoms with E-state index in [0.29, 0.717) is 6.54 Å². The number of carbonyl (C=O) groups is 1. The second kappa shape index (κ2) is 7.24. The third-order valence-corrected chi connectivity index (χ3v) is 3.28. The van der Waals surface area contributed by atoms with Gasteiger partial charge >= 0.3 is 6.09 Å². The van der Waals surface area contributed by atoms with E-state index in [-0.39, 0.29) is 5.54 Å². The summed E-state index contributed by atoms with van der Waals surface area (Å²) in [5.41, 5.74) is 2.41. The number of hydroxylamine groups is 1. The molecular weight excluding hydrogens is 336 g/mol. The number of halogens is 1. The monoisotopic (exact) mass is 358 g/mol. The zero-order chi connectivity index (χ0) is 16.1. The van der Waals surface area contributed by atoms with Crippen molar-refractivity contribution in [3.05, 3.63) is 34.3 Å². The van der Waals surface area contributed by atoms with Gasteiger partial charge in [0, 0.05) is 10.0 Å². The van der Waals surface area contributed by atoms with Gasteiger partial charge < -0.3 is 14.9 Å². The molecule has 1 aromatic carbocycles. The first kappa shape index (κ1) is 17.9. The maximum atomic E-state index is 12.1. The summed E-state index contributed by atoms with van der Waals surface area (Å²) in [6.45, 7) is 7.87. The molecule has 2 N–H and O–H groups in total. The highest BCUT2D eigenvalue weighted by Gasteiger charge is 2.32. The summed E-state index contributed by atoms with van der Waals surface area (Å²) in [6, 6.07) is 7.65. The minimum atomic E-state index is -0.852. The predicted molar refractivity (Wildman–Crippen MR) is 85.9 cm³/mol. The SMILES string of the molecule is CONCC(C)(OC(=O)NC(C)(C)C)c1cccc(Br)c1. The zero-order valence-corrected chi connectivity index (χ0v) is 14.7. The van der Waals surface area contributed by atoms with Gasteiger partial charge in [-0.3, -0.25) is 0 Å². The van der Waals surface area contributed by atoms with E-state index in [2.05, 4.69) is 26.7 Å². The van der Waals surface area contributed by atoms with E-state index in [0.717, 1.165) is 10.0 Å². The normalized spacial score (nSPS) is 14.4. The Morgan fingerprint density at radius 1 is 1.29 bits per heavy atom. The molecule has 1 rings (SSSR count). The predicted octanol–water partition coefficient (Wildman–Crippen LogP) is 3.34. The first-order valence-corrected chi connectivity index (χ1v) is 7.49. The fourth-order valence-corrected chi connectivity index (χ4v) is 2.16. The van der Waals surface area contributed by atoms with Crippen molar-refractivity contribution in [3.8, 4) is 0 Å². The van der Waals surface area contributed by atoms with Crippen molar-refractivity contribution in [1.29, 1.82) is 0 Å². The molecule has 118 valence electrons. The van der Waals surface area contributed by atoms with Crippen molar-refractivity contribution in [2.75, 3.05) is 13.7 Å². The molecule has 0 heterocycles. The van der Waals surface area contributed by atoms with Crippen LogP contribution in [0.25, 0.3) is 0 Å². The molecule has 6 heteroatoms. The Balaban J connectivity index is 2.96. The van der Waals surface area contributed by atoms with Crippen LogP contribution in [0.4, 0.5) is 4.79 Å². The van der Waals surface area contributed by atoms with Crippen LogP contribution < -0.4 is 10.8 Å². The molecule has 0 saturated heterocycles. The molecule has 0 fully saturated rings. The lowest BCUT2D eigenvalue weighted by Gasteiger charge is -2.32. The summed E-state index contributed by atoms with van der Waals surface area (Å²) in [4.78, 5) is 17.0. The fraction of sp³-hybridized carbons (Fsp3) is 0.533. The van der Waals surface area contributed by atoms with E-state index >= 15 is 0 Å². The quantitative estimate of drug-likeness (QED) is 0.792. The second-order valence-electron chi connectivity index (χ2n) is 6.03. The summed E-state index contributed by atoms with van der Waals surface area (Å²) >= 11 is 3.43. The van der Waals surface area contributed by atoms with Gasteiger partial charge in [0.25, 0.3) is 0 Å². The van der Waals surface area contributed by atoms with Crippen LogP contribution in [0.3, 0.4) is 0 Å². The molecular formula is C15H23BrN2O3. The summed E-state index contributed by atoms with van der Waals surface area (Å²) in [5.74, 6) is 0. The van der Waals surface area contributed by atoms with E-state index in [1.54, 1.807) is 0 Å². The fourth-order valence-electron chi connectivity index (χ4n) is 1.76. The first-order valence-electron chi connectivity index (χ1n) is 6.69. The van der Waals surface area contributed by atoms with Crippen molar-refractivity contribution >= 4 is 22.0 Å². The molecule has 21 heavy (non-hydrogen) atoms. The molecule has 0 saturated carbocycles. The van der Waals surface area contributed by atoms with Crippen LogP contribution in [0, 0.1) is 0 Å². The van der Waals surface area contributed by atoms with Crippen LogP contribution in [-0.2, 0) is 15.2 Å². The summed E-state index contributed by atoms with van der Waals surface area (Å²) in [5, 5.41) is 2.79. The molecule has 0 aliphatic heterocycles. The molecule has 0 aromatic heterocycles. The number of ether oxygens (including phenoxy) is 1. The van der Waals surface area contributed by atoms with Crippen LogP contribution in [0.2, 0.25) is 0 Å². The van der Waals surface area contributed by atoms with Crippen LogP contribution in [0.15, 0.2) is 28.7 Å². The number of amides is 1. The third-order valence-electron chi connectivity index (χ3n) is 2.78. The Hall–Kier alpha value is -1.11. The third kappa shape index (κ3) is 6.03. The number of benzene rings is 1. The number of hydrogen-bond donors (Lipinski definition) is 2. The average Bonchev–Trinajstić information content (AvgIpc) is 2.34. The maximum Gasteiger partial charge on any atom is 0.408 e. The molecule has 1 aromatic rings. The Kier molecular flexibility index (Phi) is 6.19. The van der Waals surface area contributed by atoms with Crippen LogP contribution >= 0.6 is 15.9 Å². The smallest absolute Gasteiger partial charge is 0.408 e. The number of nitrogens with one attached hydrogen (secondary N) is 2. The highest BCUT2D eigenvalue weighted by Crippen LogP contribution is 2.27. The Morgan fingerprint density at radius 3 is 2.48 bits per heavy atom. The van der Waals surface area contributed by atoms with Crippen LogP contribution in [-0.4, -0.2) is 25.3 Å². The highest BCUT2D eigenvalue weighted by atomic mass is 79.9. The van der Waals surface area contributed by atoms with E-state index in [1.807, 2.05) is 52.0 Å². The number of carbonyl (C=O) groups excluding carboxylic acids is 1. The minimum absolute atomic E-state index is 0.331. The lowest BCUT2D eigenvalue weighted by molar-refractivity contribution is -0.0216. The second-order valence-corrected chi connectivity index (χ2v) is 6.95. The van der Waals surface area contributed by atoms with Crippen LogP contribution in [0.1, 0.15) is 33.3 Å². The van der Waals surface area contributed by atoms with Gasteiger partial charge in [0.05, 0.1) is 13.7 Å². The van der Waals surface area contributed by atoms with Gasteiger partial charge in [0.2, 0.25) is 0 Å². The van der Waals surface area contributed by atoms with Gasteiger partial charge in [0.1, 0.15) is 0 Å². The maximum absolute atomic E-state index is 12.1. The minimum Gasteiger partial charge on any atom is -0.437 e. The van der Waals surface area contributed by atoms with Crippen molar-refractivity contribution < 1.29 is 14.4 Å². The highest BCUT2D eigenvalue weighted by molar-refractivity contribution is 9.10. The molecule has 1 atom stereocenters. The Bertz CT molecular complexity index is 488. The lowest BCUT2D eigenvalue weighted by Crippen LogP contribution is -2.47. The topological polar surface area (TPSA) is 59.6 Å². The van der Waals surface area contributed by atoms with Crippen molar-refractivity contribution in [3.63, 3.8) is 0 Å². The summed E-state index contributed by atoms with van der Waals surface area (Å²) in [6.07, 6.45) is -0.470. The molecule has 1 unspecified atom stereocenters. The van der Waals surface area contributed by atoms with Gasteiger partial charge in [-0.05, 0) is 45.4 Å². The van der Waals surface area contributed by atoms with Gasteiger partial charge in [-0.2, -0.15) is 5.48 Å². The summed E-state index contributed by atoms with van der Waals surface area (Å²) < 4.78 is 6.56. The van der Waals surface area contributed by atoms with E-state index in [1.165, 1.54) is 7.11 Å². The van der Waals surface area contributed by atoms with E-state index < -0.39 is 11.7 Å². The van der Waals surface area contributed by atoms with Crippen molar-refractivity contribution in [1.82, 2.24) is 10.8 Å². The number of hydrogen-bond acceptors (Lipinski definition) is 4. The standard InChI is InChI=1S/C15H23BrN2O3/c1-14(2,3)18-13(19)21-15(4,10-17-20-5)11-7-6-8-12(16)9-11/h6-9,17H,10H2,1-5H3,(H,18,19). The van der Waals surface area contributed by atoms with E-state index in [9.17, 15) is 4.79 Å². The van der Waals surface area contributed by atoms with Crippen molar-refractivity contribution in [2.45, 2.75) is 38.8 Å². The van der Waals surface area contributed by atoms with Gasteiger partial charge in [-0.15, -0.1) is 0 Å². The Labute approximate surface area is 134 Å². The van der Waals surface area contributed by atoms with Gasteiger partial charge in [-0.25, -0.2) is 4.79 Å². The Morgan fingerprint density at radius 2 is 1.95 bits per heavy atom. The van der Waals surface area contributed by atoms with Gasteiger partial charge in [0.15, 0.2) is 5.60 Å². The molecule has 0 spiro atoms. The molecule has 5 nitrogen and oxygen atoms in total. The molecule has 1 amide bonds. The molecule has 0 aliphatic carbocycles.